The molecule has 5 heteroatoms. The van der Waals surface area contributed by atoms with Crippen LogP contribution in [0.3, 0.4) is 0 Å². The fourth-order valence-corrected chi connectivity index (χ4v) is 3.71. The fourth-order valence-electron chi connectivity index (χ4n) is 2.15. The number of unbranched alkanes of at least 4 members (excludes halogenated alkanes) is 3. The molecule has 1 rings (SSSR count). The van der Waals surface area contributed by atoms with Gasteiger partial charge < -0.3 is 0 Å². The zero-order chi connectivity index (χ0) is 15.7. The minimum Gasteiger partial charge on any atom is -0.269 e. The number of nitrogens with zero attached hydrogens (tertiary/aromatic N) is 1. The van der Waals surface area contributed by atoms with Crippen molar-refractivity contribution < 1.29 is 8.42 Å². The summed E-state index contributed by atoms with van der Waals surface area (Å²) in [7, 11) is -3.28. The van der Waals surface area contributed by atoms with Gasteiger partial charge in [-0.25, -0.2) is 8.42 Å². The van der Waals surface area contributed by atoms with Crippen LogP contribution in [0.15, 0.2) is 41.0 Å². The van der Waals surface area contributed by atoms with E-state index in [0.29, 0.717) is 6.54 Å². The predicted octanol–water partition coefficient (Wildman–Crippen LogP) is 4.65. The van der Waals surface area contributed by atoms with E-state index in [2.05, 4.69) is 22.9 Å². The summed E-state index contributed by atoms with van der Waals surface area (Å²) in [5.41, 5.74) is 1.81. The van der Waals surface area contributed by atoms with Crippen molar-refractivity contribution in [1.82, 2.24) is 4.31 Å². The Labute approximate surface area is 137 Å². The second-order valence-corrected chi connectivity index (χ2v) is 7.53. The topological polar surface area (TPSA) is 37.4 Å². The van der Waals surface area contributed by atoms with Crippen LogP contribution in [0.2, 0.25) is 0 Å². The summed E-state index contributed by atoms with van der Waals surface area (Å²) in [4.78, 5) is 1.74. The maximum absolute atomic E-state index is 12.1. The molecule has 0 unspecified atom stereocenters. The Morgan fingerprint density at radius 2 is 1.86 bits per heavy atom. The van der Waals surface area contributed by atoms with Gasteiger partial charge in [0.15, 0.2) is 0 Å². The lowest BCUT2D eigenvalue weighted by Crippen LogP contribution is -2.28. The van der Waals surface area contributed by atoms with E-state index in [1.54, 1.807) is 4.99 Å². The summed E-state index contributed by atoms with van der Waals surface area (Å²) in [6, 6.07) is 9.67. The fraction of sp³-hybridized carbons (Fsp3) is 0.500. The first-order valence-corrected chi connectivity index (χ1v) is 10.1. The Kier molecular flexibility index (Phi) is 8.04. The number of benzene rings is 1. The maximum Gasteiger partial charge on any atom is 0.232 e. The molecule has 3 nitrogen and oxygen atoms in total. The van der Waals surface area contributed by atoms with Gasteiger partial charge >= 0.3 is 0 Å². The van der Waals surface area contributed by atoms with Gasteiger partial charge in [-0.3, -0.25) is 4.31 Å². The zero-order valence-corrected chi connectivity index (χ0v) is 15.2. The SMILES string of the molecule is CCCCCC/C(=C\Br)N(Cc1ccccc1)S(C)(=O)=O. The molecule has 118 valence electrons. The Balaban J connectivity index is 2.81. The molecule has 0 aliphatic carbocycles. The van der Waals surface area contributed by atoms with Gasteiger partial charge in [0.1, 0.15) is 0 Å². The Hall–Kier alpha value is -0.810. The third kappa shape index (κ3) is 6.66. The zero-order valence-electron chi connectivity index (χ0n) is 12.8. The van der Waals surface area contributed by atoms with Gasteiger partial charge in [0.2, 0.25) is 10.0 Å². The molecule has 1 aromatic rings. The highest BCUT2D eigenvalue weighted by Crippen LogP contribution is 2.22. The van der Waals surface area contributed by atoms with E-state index in [1.807, 2.05) is 30.3 Å². The predicted molar refractivity (Wildman–Crippen MR) is 92.6 cm³/mol. The molecule has 0 N–H and O–H groups in total. The molecule has 0 radical (unpaired) electrons. The summed E-state index contributed by atoms with van der Waals surface area (Å²) in [6.45, 7) is 2.55. The summed E-state index contributed by atoms with van der Waals surface area (Å²) >= 11 is 3.32. The number of hydrogen-bond donors (Lipinski definition) is 0. The summed E-state index contributed by atoms with van der Waals surface area (Å²) in [5, 5.41) is 0. The molecule has 0 spiro atoms. The minimum atomic E-state index is -3.28. The average molecular weight is 374 g/mol. The Bertz CT molecular complexity index is 541. The third-order valence-corrected chi connectivity index (χ3v) is 4.99. The van der Waals surface area contributed by atoms with Gasteiger partial charge in [0.25, 0.3) is 0 Å². The van der Waals surface area contributed by atoms with Gasteiger partial charge in [0.05, 0.1) is 12.8 Å². The smallest absolute Gasteiger partial charge is 0.232 e. The van der Waals surface area contributed by atoms with Crippen molar-refractivity contribution in [2.45, 2.75) is 45.6 Å². The van der Waals surface area contributed by atoms with Crippen molar-refractivity contribution in [1.29, 1.82) is 0 Å². The van der Waals surface area contributed by atoms with Crippen molar-refractivity contribution in [2.75, 3.05) is 6.26 Å². The van der Waals surface area contributed by atoms with Gasteiger partial charge in [-0.1, -0.05) is 72.4 Å². The summed E-state index contributed by atoms with van der Waals surface area (Å²) < 4.78 is 25.7. The van der Waals surface area contributed by atoms with E-state index in [4.69, 9.17) is 0 Å². The van der Waals surface area contributed by atoms with Crippen LogP contribution < -0.4 is 0 Å². The molecule has 0 amide bonds. The van der Waals surface area contributed by atoms with Crippen molar-refractivity contribution in [3.8, 4) is 0 Å². The van der Waals surface area contributed by atoms with Crippen LogP contribution in [0.4, 0.5) is 0 Å². The molecule has 0 heterocycles. The molecular weight excluding hydrogens is 350 g/mol. The van der Waals surface area contributed by atoms with Crippen molar-refractivity contribution in [2.24, 2.45) is 0 Å². The monoisotopic (exact) mass is 373 g/mol. The standard InChI is InChI=1S/C16H24BrNO2S/c1-3-4-5-9-12-16(13-17)18(21(2,19)20)14-15-10-7-6-8-11-15/h6-8,10-11,13H,3-5,9,12,14H2,1-2H3/b16-13+. The normalized spacial score (nSPS) is 12.4. The number of hydrogen-bond acceptors (Lipinski definition) is 2. The summed E-state index contributed by atoms with van der Waals surface area (Å²) in [5.74, 6) is 0. The largest absolute Gasteiger partial charge is 0.269 e. The highest BCUT2D eigenvalue weighted by atomic mass is 79.9. The summed E-state index contributed by atoms with van der Waals surface area (Å²) in [6.07, 6.45) is 6.53. The van der Waals surface area contributed by atoms with Crippen molar-refractivity contribution in [3.05, 3.63) is 46.6 Å². The first-order chi connectivity index (χ1) is 9.99. The van der Waals surface area contributed by atoms with Gasteiger partial charge in [-0.05, 0) is 18.4 Å². The average Bonchev–Trinajstić information content (AvgIpc) is 2.46. The lowest BCUT2D eigenvalue weighted by Gasteiger charge is -2.25. The molecule has 0 bridgehead atoms. The van der Waals surface area contributed by atoms with Gasteiger partial charge in [0, 0.05) is 10.7 Å². The number of sulfonamides is 1. The highest BCUT2D eigenvalue weighted by molar-refractivity contribution is 9.11. The molecular formula is C16H24BrNO2S. The van der Waals surface area contributed by atoms with Crippen LogP contribution in [0.25, 0.3) is 0 Å². The number of halogens is 1. The van der Waals surface area contributed by atoms with E-state index in [0.717, 1.165) is 30.5 Å². The van der Waals surface area contributed by atoms with Crippen LogP contribution in [-0.2, 0) is 16.6 Å². The number of rotatable bonds is 9. The van der Waals surface area contributed by atoms with Crippen molar-refractivity contribution in [3.63, 3.8) is 0 Å². The van der Waals surface area contributed by atoms with Crippen LogP contribution in [0, 0.1) is 0 Å². The second-order valence-electron chi connectivity index (χ2n) is 5.17. The first-order valence-electron chi connectivity index (χ1n) is 7.30. The second kappa shape index (κ2) is 9.26. The molecule has 21 heavy (non-hydrogen) atoms. The minimum absolute atomic E-state index is 0.380. The van der Waals surface area contributed by atoms with E-state index in [-0.39, 0.29) is 0 Å². The van der Waals surface area contributed by atoms with E-state index >= 15 is 0 Å². The lowest BCUT2D eigenvalue weighted by molar-refractivity contribution is 0.457. The van der Waals surface area contributed by atoms with E-state index in [1.165, 1.54) is 23.4 Å². The lowest BCUT2D eigenvalue weighted by atomic mass is 10.1. The van der Waals surface area contributed by atoms with Crippen LogP contribution in [0.5, 0.6) is 0 Å². The molecule has 0 aromatic heterocycles. The van der Waals surface area contributed by atoms with Gasteiger partial charge in [-0.2, -0.15) is 0 Å². The Morgan fingerprint density at radius 1 is 1.19 bits per heavy atom. The van der Waals surface area contributed by atoms with E-state index in [9.17, 15) is 8.42 Å². The maximum atomic E-state index is 12.1. The molecule has 0 aliphatic rings. The number of allylic oxidation sites excluding steroid dienone is 1. The van der Waals surface area contributed by atoms with Crippen LogP contribution in [0.1, 0.15) is 44.6 Å². The van der Waals surface area contributed by atoms with Gasteiger partial charge in [-0.15, -0.1) is 0 Å². The molecule has 0 saturated carbocycles. The molecule has 0 aliphatic heterocycles. The first kappa shape index (κ1) is 18.2. The molecule has 0 fully saturated rings. The molecule has 0 saturated heterocycles. The van der Waals surface area contributed by atoms with E-state index < -0.39 is 10.0 Å². The highest BCUT2D eigenvalue weighted by Gasteiger charge is 2.19. The Morgan fingerprint density at radius 3 is 2.38 bits per heavy atom. The van der Waals surface area contributed by atoms with Crippen molar-refractivity contribution >= 4 is 26.0 Å². The third-order valence-electron chi connectivity index (χ3n) is 3.30. The molecule has 1 aromatic carbocycles. The quantitative estimate of drug-likeness (QED) is 0.590. The van der Waals surface area contributed by atoms with Crippen LogP contribution >= 0.6 is 15.9 Å². The molecule has 0 atom stereocenters. The van der Waals surface area contributed by atoms with Crippen LogP contribution in [-0.4, -0.2) is 19.0 Å².